The monoisotopic (exact) mass is 564 g/mol. The molecule has 0 aliphatic carbocycles. The van der Waals surface area contributed by atoms with E-state index in [0.717, 1.165) is 6.07 Å². The van der Waals surface area contributed by atoms with E-state index in [4.69, 9.17) is 23.4 Å². The molecule has 0 spiro atoms. The van der Waals surface area contributed by atoms with E-state index in [0.29, 0.717) is 5.56 Å². The maximum atomic E-state index is 12.8. The van der Waals surface area contributed by atoms with Gasteiger partial charge in [-0.2, -0.15) is 0 Å². The molecule has 3 heterocycles. The van der Waals surface area contributed by atoms with Gasteiger partial charge in [0.15, 0.2) is 17.8 Å². The van der Waals surface area contributed by atoms with Gasteiger partial charge in [0, 0.05) is 23.8 Å². The molecule has 14 nitrogen and oxygen atoms in total. The van der Waals surface area contributed by atoms with E-state index in [2.05, 4.69) is 0 Å². The van der Waals surface area contributed by atoms with Crippen molar-refractivity contribution < 1.29 is 64.2 Å². The Morgan fingerprint density at radius 1 is 0.975 bits per heavy atom. The molecular formula is C26H28O14. The standard InChI is InChI=1S/C26H28O14/c27-8-18-20(32)21(33)22(40-25-23(34)26(35,9-28)10-36-25)24(39-18)37-13-5-14(30)19-15(31)7-16(38-17(19)6-13)11-1-3-12(29)4-2-11/h1-7,18,20-25,27-30,32-35H,8-10H2/t18?,20?,21?,22?,23?,24?,25?,26-/m1/s1. The second kappa shape index (κ2) is 10.9. The molecule has 40 heavy (non-hydrogen) atoms. The number of aromatic hydroxyl groups is 2. The topological polar surface area (TPSA) is 229 Å². The average Bonchev–Trinajstić information content (AvgIpc) is 3.21. The fourth-order valence-corrected chi connectivity index (χ4v) is 4.57. The minimum atomic E-state index is -2.04. The second-order valence-corrected chi connectivity index (χ2v) is 9.65. The lowest BCUT2D eigenvalue weighted by Gasteiger charge is -2.42. The van der Waals surface area contributed by atoms with Gasteiger partial charge in [-0.25, -0.2) is 0 Å². The summed E-state index contributed by atoms with van der Waals surface area (Å²) in [6.07, 6.45) is -11.2. The molecule has 8 N–H and O–H groups in total. The molecule has 1 aromatic heterocycles. The quantitative estimate of drug-likeness (QED) is 0.164. The number of ether oxygens (including phenoxy) is 4. The number of rotatable bonds is 7. The highest BCUT2D eigenvalue weighted by molar-refractivity contribution is 5.86. The number of aliphatic hydroxyl groups excluding tert-OH is 5. The van der Waals surface area contributed by atoms with Crippen molar-refractivity contribution in [2.75, 3.05) is 19.8 Å². The normalized spacial score (nSPS) is 32.4. The lowest BCUT2D eigenvalue weighted by Crippen LogP contribution is -2.62. The number of phenols is 2. The highest BCUT2D eigenvalue weighted by atomic mass is 16.8. The van der Waals surface area contributed by atoms with E-state index < -0.39 is 79.7 Å². The minimum Gasteiger partial charge on any atom is -0.508 e. The van der Waals surface area contributed by atoms with Gasteiger partial charge in [-0.15, -0.1) is 0 Å². The van der Waals surface area contributed by atoms with E-state index in [1.165, 1.54) is 36.4 Å². The van der Waals surface area contributed by atoms with Crippen molar-refractivity contribution in [3.05, 3.63) is 52.7 Å². The van der Waals surface area contributed by atoms with E-state index >= 15 is 0 Å². The third-order valence-electron chi connectivity index (χ3n) is 6.88. The molecule has 0 radical (unpaired) electrons. The van der Waals surface area contributed by atoms with E-state index in [9.17, 15) is 45.6 Å². The molecule has 8 atom stereocenters. The zero-order chi connectivity index (χ0) is 28.8. The van der Waals surface area contributed by atoms with Gasteiger partial charge in [0.05, 0.1) is 19.8 Å². The summed E-state index contributed by atoms with van der Waals surface area (Å²) in [6.45, 7) is -2.06. The van der Waals surface area contributed by atoms with Crippen LogP contribution >= 0.6 is 0 Å². The first-order valence-corrected chi connectivity index (χ1v) is 12.2. The van der Waals surface area contributed by atoms with Crippen molar-refractivity contribution in [3.63, 3.8) is 0 Å². The molecule has 14 heteroatoms. The summed E-state index contributed by atoms with van der Waals surface area (Å²) in [5.74, 6) is -0.496. The minimum absolute atomic E-state index is 0.00882. The van der Waals surface area contributed by atoms with Crippen LogP contribution in [0.1, 0.15) is 0 Å². The third kappa shape index (κ3) is 5.12. The van der Waals surface area contributed by atoms with Crippen molar-refractivity contribution in [2.24, 2.45) is 0 Å². The van der Waals surface area contributed by atoms with Gasteiger partial charge in [-0.05, 0) is 24.3 Å². The Bertz CT molecular complexity index is 1410. The number of hydrogen-bond donors (Lipinski definition) is 8. The number of phenolic OH excluding ortho intramolecular Hbond substituents is 2. The maximum absolute atomic E-state index is 12.8. The first-order chi connectivity index (χ1) is 19.0. The molecule has 5 rings (SSSR count). The van der Waals surface area contributed by atoms with Gasteiger partial charge >= 0.3 is 0 Å². The average molecular weight is 564 g/mol. The summed E-state index contributed by atoms with van der Waals surface area (Å²) in [5, 5.41) is 80.7. The molecule has 2 aromatic carbocycles. The van der Waals surface area contributed by atoms with Gasteiger partial charge in [0.25, 0.3) is 0 Å². The van der Waals surface area contributed by atoms with Gasteiger partial charge in [0.2, 0.25) is 6.29 Å². The van der Waals surface area contributed by atoms with Crippen molar-refractivity contribution in [1.82, 2.24) is 0 Å². The Morgan fingerprint density at radius 3 is 2.35 bits per heavy atom. The molecule has 2 saturated heterocycles. The van der Waals surface area contributed by atoms with Gasteiger partial charge in [0.1, 0.15) is 64.0 Å². The fourth-order valence-electron chi connectivity index (χ4n) is 4.57. The van der Waals surface area contributed by atoms with Crippen LogP contribution in [0.3, 0.4) is 0 Å². The van der Waals surface area contributed by atoms with E-state index in [-0.39, 0.29) is 28.2 Å². The summed E-state index contributed by atoms with van der Waals surface area (Å²) in [5.41, 5.74) is -2.22. The highest BCUT2D eigenvalue weighted by Gasteiger charge is 2.53. The van der Waals surface area contributed by atoms with Gasteiger partial charge < -0.3 is 64.2 Å². The molecule has 0 bridgehead atoms. The smallest absolute Gasteiger partial charge is 0.229 e. The first-order valence-electron chi connectivity index (χ1n) is 12.2. The van der Waals surface area contributed by atoms with Crippen molar-refractivity contribution in [3.8, 4) is 28.6 Å². The van der Waals surface area contributed by atoms with Crippen LogP contribution in [0.15, 0.2) is 51.7 Å². The number of fused-ring (bicyclic) bond motifs is 1. The summed E-state index contributed by atoms with van der Waals surface area (Å²) < 4.78 is 28.0. The van der Waals surface area contributed by atoms with E-state index in [1.807, 2.05) is 0 Å². The van der Waals surface area contributed by atoms with E-state index in [1.54, 1.807) is 0 Å². The Labute approximate surface area is 225 Å². The lowest BCUT2D eigenvalue weighted by atomic mass is 9.98. The van der Waals surface area contributed by atoms with Crippen molar-refractivity contribution >= 4 is 11.0 Å². The van der Waals surface area contributed by atoms with Gasteiger partial charge in [-0.3, -0.25) is 4.79 Å². The van der Waals surface area contributed by atoms with Crippen LogP contribution in [0.4, 0.5) is 0 Å². The SMILES string of the molecule is O=c1cc(-c2ccc(O)cc2)oc2cc(OC3OC(CO)C(O)C(O)C3OC3OC[C@](O)(CO)C3O)cc(O)c12. The van der Waals surface area contributed by atoms with Crippen LogP contribution in [-0.4, -0.2) is 109 Å². The summed E-state index contributed by atoms with van der Waals surface area (Å²) in [4.78, 5) is 12.8. The number of aliphatic hydroxyl groups is 6. The molecule has 2 fully saturated rings. The number of benzene rings is 2. The maximum Gasteiger partial charge on any atom is 0.229 e. The van der Waals surface area contributed by atoms with Crippen LogP contribution in [0.5, 0.6) is 17.2 Å². The molecule has 216 valence electrons. The van der Waals surface area contributed by atoms with Crippen LogP contribution in [-0.2, 0) is 14.2 Å². The molecular weight excluding hydrogens is 536 g/mol. The second-order valence-electron chi connectivity index (χ2n) is 9.65. The summed E-state index contributed by atoms with van der Waals surface area (Å²) in [6, 6.07) is 9.37. The highest BCUT2D eigenvalue weighted by Crippen LogP contribution is 2.35. The number of hydrogen-bond acceptors (Lipinski definition) is 14. The van der Waals surface area contributed by atoms with Gasteiger partial charge in [-0.1, -0.05) is 0 Å². The Balaban J connectivity index is 1.47. The molecule has 0 saturated carbocycles. The molecule has 3 aromatic rings. The zero-order valence-electron chi connectivity index (χ0n) is 20.7. The van der Waals surface area contributed by atoms with Crippen LogP contribution in [0, 0.1) is 0 Å². The molecule has 7 unspecified atom stereocenters. The Morgan fingerprint density at radius 2 is 1.70 bits per heavy atom. The summed E-state index contributed by atoms with van der Waals surface area (Å²) in [7, 11) is 0. The third-order valence-corrected chi connectivity index (χ3v) is 6.88. The van der Waals surface area contributed by atoms with Crippen LogP contribution in [0.25, 0.3) is 22.3 Å². The molecule has 2 aliphatic rings. The van der Waals surface area contributed by atoms with Crippen LogP contribution < -0.4 is 10.2 Å². The largest absolute Gasteiger partial charge is 0.508 e. The summed E-state index contributed by atoms with van der Waals surface area (Å²) >= 11 is 0. The first kappa shape index (κ1) is 28.2. The zero-order valence-corrected chi connectivity index (χ0v) is 20.7. The predicted molar refractivity (Wildman–Crippen MR) is 132 cm³/mol. The Kier molecular flexibility index (Phi) is 7.71. The Hall–Kier alpha value is -3.31. The fraction of sp³-hybridized carbons (Fsp3) is 0.423. The van der Waals surface area contributed by atoms with Crippen molar-refractivity contribution in [2.45, 2.75) is 48.7 Å². The van der Waals surface area contributed by atoms with Crippen LogP contribution in [0.2, 0.25) is 0 Å². The molecule has 0 amide bonds. The van der Waals surface area contributed by atoms with Crippen molar-refractivity contribution in [1.29, 1.82) is 0 Å². The lowest BCUT2D eigenvalue weighted by molar-refractivity contribution is -0.318. The molecule has 2 aliphatic heterocycles. The predicted octanol–water partition coefficient (Wildman–Crippen LogP) is -1.49.